The van der Waals surface area contributed by atoms with Gasteiger partial charge in [0.25, 0.3) is 0 Å². The number of benzene rings is 3. The van der Waals surface area contributed by atoms with E-state index in [0.717, 1.165) is 29.1 Å². The minimum absolute atomic E-state index is 0.0295. The Hall–Kier alpha value is -4.31. The molecule has 3 aliphatic rings. The molecule has 1 spiro atoms. The maximum Gasteiger partial charge on any atom is 0.415 e. The number of carboxylic acids is 1. The van der Waals surface area contributed by atoms with Crippen LogP contribution >= 0.6 is 0 Å². The van der Waals surface area contributed by atoms with Crippen molar-refractivity contribution in [2.24, 2.45) is 5.92 Å². The van der Waals surface area contributed by atoms with Crippen molar-refractivity contribution in [1.29, 1.82) is 0 Å². The SMILES string of the molecule is O=C(O)c1ccc(N2CC3(CCN(Cc4cn(CC5CC5)c5cccc(-c6ccc(F)c(F)c6F)c45)CC3)OC2=O)cc1. The first-order valence-corrected chi connectivity index (χ1v) is 14.5. The third kappa shape index (κ3) is 5.03. The normalized spacial score (nSPS) is 18.5. The molecule has 1 amide bonds. The van der Waals surface area contributed by atoms with Gasteiger partial charge in [-0.1, -0.05) is 12.1 Å². The van der Waals surface area contributed by atoms with Gasteiger partial charge in [-0.15, -0.1) is 0 Å². The molecule has 1 saturated carbocycles. The Morgan fingerprint density at radius 3 is 2.40 bits per heavy atom. The summed E-state index contributed by atoms with van der Waals surface area (Å²) in [6.45, 7) is 3.13. The number of carboxylic acid groups (broad SMARTS) is 1. The maximum absolute atomic E-state index is 15.0. The standard InChI is InChI=1S/C33H30F3N3O4/c34-26-11-10-25(29(35)30(26)36)24-2-1-3-27-28(24)22(18-38(27)16-20-4-5-20)17-37-14-12-33(13-15-37)19-39(32(42)43-33)23-8-6-21(7-9-23)31(40)41/h1-3,6-11,18,20H,4-5,12-17,19H2,(H,40,41). The van der Waals surface area contributed by atoms with E-state index in [1.807, 2.05) is 12.1 Å². The lowest BCUT2D eigenvalue weighted by Crippen LogP contribution is -2.46. The molecule has 2 aliphatic heterocycles. The molecule has 222 valence electrons. The summed E-state index contributed by atoms with van der Waals surface area (Å²) >= 11 is 0. The zero-order valence-corrected chi connectivity index (χ0v) is 23.4. The summed E-state index contributed by atoms with van der Waals surface area (Å²) in [5.74, 6) is -4.32. The van der Waals surface area contributed by atoms with Crippen molar-refractivity contribution in [3.63, 3.8) is 0 Å². The quantitative estimate of drug-likeness (QED) is 0.239. The van der Waals surface area contributed by atoms with Crippen LogP contribution in [0.15, 0.2) is 60.8 Å². The Labute approximate surface area is 246 Å². The third-order valence-electron chi connectivity index (χ3n) is 9.02. The Balaban J connectivity index is 1.13. The fourth-order valence-electron chi connectivity index (χ4n) is 6.47. The van der Waals surface area contributed by atoms with Gasteiger partial charge in [-0.25, -0.2) is 22.8 Å². The number of amides is 1. The summed E-state index contributed by atoms with van der Waals surface area (Å²) in [6.07, 6.45) is 5.23. The number of rotatable bonds is 7. The molecule has 2 saturated heterocycles. The number of ether oxygens (including phenoxy) is 1. The van der Waals surface area contributed by atoms with Gasteiger partial charge < -0.3 is 14.4 Å². The van der Waals surface area contributed by atoms with Crippen molar-refractivity contribution in [2.45, 2.75) is 44.4 Å². The van der Waals surface area contributed by atoms with Crippen molar-refractivity contribution in [3.05, 3.63) is 89.4 Å². The number of carbonyl (C=O) groups is 2. The van der Waals surface area contributed by atoms with Crippen LogP contribution in [0.5, 0.6) is 0 Å². The number of aromatic carboxylic acids is 1. The molecule has 0 radical (unpaired) electrons. The average molecular weight is 590 g/mol. The predicted molar refractivity (Wildman–Crippen MR) is 154 cm³/mol. The van der Waals surface area contributed by atoms with E-state index in [2.05, 4.69) is 15.7 Å². The molecule has 1 aromatic heterocycles. The molecule has 4 aromatic rings. The number of halogens is 3. The van der Waals surface area contributed by atoms with Gasteiger partial charge in [0.15, 0.2) is 17.5 Å². The monoisotopic (exact) mass is 589 g/mol. The smallest absolute Gasteiger partial charge is 0.415 e. The van der Waals surface area contributed by atoms with E-state index >= 15 is 0 Å². The molecule has 10 heteroatoms. The van der Waals surface area contributed by atoms with Crippen LogP contribution in [0.2, 0.25) is 0 Å². The van der Waals surface area contributed by atoms with E-state index in [9.17, 15) is 27.9 Å². The number of carbonyl (C=O) groups excluding carboxylic acids is 1. The van der Waals surface area contributed by atoms with Crippen molar-refractivity contribution in [3.8, 4) is 11.1 Å². The number of aromatic nitrogens is 1. The highest BCUT2D eigenvalue weighted by Gasteiger charge is 2.47. The van der Waals surface area contributed by atoms with Crippen molar-refractivity contribution in [1.82, 2.24) is 9.47 Å². The van der Waals surface area contributed by atoms with E-state index in [1.54, 1.807) is 23.1 Å². The van der Waals surface area contributed by atoms with Crippen LogP contribution < -0.4 is 4.90 Å². The number of likely N-dealkylation sites (tertiary alicyclic amines) is 1. The van der Waals surface area contributed by atoms with Gasteiger partial charge in [0.2, 0.25) is 0 Å². The Morgan fingerprint density at radius 1 is 0.953 bits per heavy atom. The molecule has 43 heavy (non-hydrogen) atoms. The second-order valence-corrected chi connectivity index (χ2v) is 11.9. The summed E-state index contributed by atoms with van der Waals surface area (Å²) in [4.78, 5) is 27.8. The summed E-state index contributed by atoms with van der Waals surface area (Å²) in [6, 6.07) is 14.0. The highest BCUT2D eigenvalue weighted by molar-refractivity contribution is 5.98. The lowest BCUT2D eigenvalue weighted by Gasteiger charge is -2.37. The van der Waals surface area contributed by atoms with Crippen LogP contribution in [-0.4, -0.2) is 51.9 Å². The Kier molecular flexibility index (Phi) is 6.69. The van der Waals surface area contributed by atoms with Gasteiger partial charge in [0.05, 0.1) is 12.1 Å². The Bertz CT molecular complexity index is 1740. The van der Waals surface area contributed by atoms with Gasteiger partial charge in [-0.3, -0.25) is 9.80 Å². The van der Waals surface area contributed by atoms with E-state index in [4.69, 9.17) is 4.74 Å². The summed E-state index contributed by atoms with van der Waals surface area (Å²) in [5.41, 5.74) is 2.58. The summed E-state index contributed by atoms with van der Waals surface area (Å²) in [5, 5.41) is 10.0. The molecule has 0 bridgehead atoms. The van der Waals surface area contributed by atoms with E-state index < -0.39 is 35.1 Å². The van der Waals surface area contributed by atoms with E-state index in [-0.39, 0.29) is 11.1 Å². The Morgan fingerprint density at radius 2 is 1.70 bits per heavy atom. The average Bonchev–Trinajstić information content (AvgIpc) is 3.68. The second-order valence-electron chi connectivity index (χ2n) is 11.9. The number of fused-ring (bicyclic) bond motifs is 1. The fourth-order valence-corrected chi connectivity index (χ4v) is 6.47. The van der Waals surface area contributed by atoms with Crippen molar-refractivity contribution >= 4 is 28.7 Å². The van der Waals surface area contributed by atoms with Gasteiger partial charge in [0, 0.05) is 67.4 Å². The molecule has 3 heterocycles. The minimum atomic E-state index is -1.48. The predicted octanol–water partition coefficient (Wildman–Crippen LogP) is 6.83. The maximum atomic E-state index is 15.0. The number of hydrogen-bond acceptors (Lipinski definition) is 4. The molecular formula is C33H30F3N3O4. The van der Waals surface area contributed by atoms with Crippen LogP contribution in [0.1, 0.15) is 41.6 Å². The number of piperidine rings is 1. The molecule has 0 atom stereocenters. The topological polar surface area (TPSA) is 75.0 Å². The van der Waals surface area contributed by atoms with Crippen LogP contribution in [0.4, 0.5) is 23.7 Å². The first kappa shape index (κ1) is 27.5. The van der Waals surface area contributed by atoms with Gasteiger partial charge in [0.1, 0.15) is 5.60 Å². The molecule has 7 rings (SSSR count). The highest BCUT2D eigenvalue weighted by atomic mass is 19.2. The molecule has 7 nitrogen and oxygen atoms in total. The molecule has 3 aromatic carbocycles. The summed E-state index contributed by atoms with van der Waals surface area (Å²) < 4.78 is 51.1. The minimum Gasteiger partial charge on any atom is -0.478 e. The van der Waals surface area contributed by atoms with E-state index in [1.165, 1.54) is 31.0 Å². The first-order valence-electron chi connectivity index (χ1n) is 14.5. The first-order chi connectivity index (χ1) is 20.7. The van der Waals surface area contributed by atoms with Gasteiger partial charge in [-0.05, 0) is 72.4 Å². The lowest BCUT2D eigenvalue weighted by molar-refractivity contribution is -0.000899. The van der Waals surface area contributed by atoms with Gasteiger partial charge >= 0.3 is 12.1 Å². The highest BCUT2D eigenvalue weighted by Crippen LogP contribution is 2.40. The number of hydrogen-bond donors (Lipinski definition) is 1. The van der Waals surface area contributed by atoms with E-state index in [0.29, 0.717) is 56.2 Å². The van der Waals surface area contributed by atoms with Crippen molar-refractivity contribution in [2.75, 3.05) is 24.5 Å². The fraction of sp³-hybridized carbons (Fsp3) is 0.333. The van der Waals surface area contributed by atoms with Crippen LogP contribution in [0, 0.1) is 23.4 Å². The van der Waals surface area contributed by atoms with Crippen molar-refractivity contribution < 1.29 is 32.6 Å². The number of nitrogens with zero attached hydrogens (tertiary/aromatic N) is 3. The molecular weight excluding hydrogens is 559 g/mol. The third-order valence-corrected chi connectivity index (χ3v) is 9.02. The van der Waals surface area contributed by atoms with Crippen LogP contribution in [-0.2, 0) is 17.8 Å². The van der Waals surface area contributed by atoms with Gasteiger partial charge in [-0.2, -0.15) is 0 Å². The molecule has 1 N–H and O–H groups in total. The largest absolute Gasteiger partial charge is 0.478 e. The number of anilines is 1. The van der Waals surface area contributed by atoms with Crippen LogP contribution in [0.3, 0.4) is 0 Å². The summed E-state index contributed by atoms with van der Waals surface area (Å²) in [7, 11) is 0. The second kappa shape index (κ2) is 10.4. The van der Waals surface area contributed by atoms with Crippen LogP contribution in [0.25, 0.3) is 22.0 Å². The molecule has 0 unspecified atom stereocenters. The molecule has 1 aliphatic carbocycles. The lowest BCUT2D eigenvalue weighted by atomic mass is 9.90. The zero-order valence-electron chi connectivity index (χ0n) is 23.4. The molecule has 3 fully saturated rings. The zero-order chi connectivity index (χ0) is 29.9.